The van der Waals surface area contributed by atoms with Crippen LogP contribution in [0.4, 0.5) is 0 Å². The first kappa shape index (κ1) is 20.4. The van der Waals surface area contributed by atoms with Crippen LogP contribution < -0.4 is 15.1 Å². The van der Waals surface area contributed by atoms with Crippen LogP contribution in [-0.2, 0) is 4.74 Å². The van der Waals surface area contributed by atoms with Crippen molar-refractivity contribution in [1.82, 2.24) is 0 Å². The lowest BCUT2D eigenvalue weighted by Crippen LogP contribution is -2.60. The Balaban J connectivity index is 1.92. The van der Waals surface area contributed by atoms with Crippen LogP contribution in [0.5, 0.6) is 17.2 Å². The van der Waals surface area contributed by atoms with Crippen LogP contribution in [-0.4, -0.2) is 68.9 Å². The molecule has 0 radical (unpaired) electrons. The third-order valence-corrected chi connectivity index (χ3v) is 4.26. The van der Waals surface area contributed by atoms with E-state index in [0.717, 1.165) is 0 Å². The number of aliphatic hydroxyl groups excluding tert-OH is 4. The van der Waals surface area contributed by atoms with E-state index in [1.54, 1.807) is 13.8 Å². The van der Waals surface area contributed by atoms with Gasteiger partial charge in [-0.2, -0.15) is 0 Å². The van der Waals surface area contributed by atoms with E-state index in [1.807, 2.05) is 0 Å². The van der Waals surface area contributed by atoms with E-state index in [9.17, 15) is 30.3 Å². The lowest BCUT2D eigenvalue weighted by molar-refractivity contribution is -0.277. The van der Waals surface area contributed by atoms with E-state index in [0.29, 0.717) is 5.39 Å². The zero-order chi connectivity index (χ0) is 20.6. The minimum atomic E-state index is -1.59. The standard InChI is InChI=1S/C18H22O10/c1-7(2)25-16-9-4-3-8(5-10(9)27-17(24)15(16)23)26-18-14(22)13(21)12(20)11(6-19)28-18/h3-5,7,11-14,18-23H,6H2,1-2H3/t11-,12+,13+,14-,18-/m1/s1. The minimum absolute atomic E-state index is 0.0272. The summed E-state index contributed by atoms with van der Waals surface area (Å²) in [5.41, 5.74) is -0.936. The van der Waals surface area contributed by atoms with Gasteiger partial charge in [0.1, 0.15) is 35.7 Å². The highest BCUT2D eigenvalue weighted by molar-refractivity contribution is 5.86. The Hall–Kier alpha value is -2.37. The highest BCUT2D eigenvalue weighted by Gasteiger charge is 2.44. The van der Waals surface area contributed by atoms with Gasteiger partial charge in [-0.05, 0) is 26.0 Å². The molecule has 10 nitrogen and oxygen atoms in total. The molecule has 0 saturated carbocycles. The van der Waals surface area contributed by atoms with Crippen molar-refractivity contribution in [2.45, 2.75) is 50.7 Å². The Morgan fingerprint density at radius 3 is 2.50 bits per heavy atom. The van der Waals surface area contributed by atoms with Crippen molar-refractivity contribution in [1.29, 1.82) is 0 Å². The van der Waals surface area contributed by atoms with Gasteiger partial charge in [-0.15, -0.1) is 0 Å². The Kier molecular flexibility index (Phi) is 5.77. The van der Waals surface area contributed by atoms with Gasteiger partial charge in [0, 0.05) is 6.07 Å². The minimum Gasteiger partial charge on any atom is -0.499 e. The smallest absolute Gasteiger partial charge is 0.382 e. The summed E-state index contributed by atoms with van der Waals surface area (Å²) >= 11 is 0. The zero-order valence-electron chi connectivity index (χ0n) is 15.2. The predicted molar refractivity (Wildman–Crippen MR) is 94.3 cm³/mol. The van der Waals surface area contributed by atoms with Crippen molar-refractivity contribution in [2.24, 2.45) is 0 Å². The zero-order valence-corrected chi connectivity index (χ0v) is 15.2. The normalized spacial score (nSPS) is 27.9. The van der Waals surface area contributed by atoms with Crippen molar-refractivity contribution in [3.63, 3.8) is 0 Å². The molecule has 154 valence electrons. The molecule has 28 heavy (non-hydrogen) atoms. The number of hydrogen-bond donors (Lipinski definition) is 5. The first-order chi connectivity index (χ1) is 13.2. The average Bonchev–Trinajstić information content (AvgIpc) is 2.65. The molecule has 3 rings (SSSR count). The molecular formula is C18H22O10. The quantitative estimate of drug-likeness (QED) is 0.414. The lowest BCUT2D eigenvalue weighted by atomic mass is 9.99. The summed E-state index contributed by atoms with van der Waals surface area (Å²) in [5, 5.41) is 49.2. The van der Waals surface area contributed by atoms with E-state index in [-0.39, 0.29) is 23.2 Å². The van der Waals surface area contributed by atoms with E-state index >= 15 is 0 Å². The van der Waals surface area contributed by atoms with Crippen LogP contribution >= 0.6 is 0 Å². The van der Waals surface area contributed by atoms with Crippen molar-refractivity contribution >= 4 is 11.0 Å². The Morgan fingerprint density at radius 1 is 1.14 bits per heavy atom. The molecule has 2 aromatic rings. The first-order valence-electron chi connectivity index (χ1n) is 8.66. The highest BCUT2D eigenvalue weighted by Crippen LogP contribution is 2.35. The third-order valence-electron chi connectivity index (χ3n) is 4.26. The van der Waals surface area contributed by atoms with Crippen LogP contribution in [0.2, 0.25) is 0 Å². The highest BCUT2D eigenvalue weighted by atomic mass is 16.7. The van der Waals surface area contributed by atoms with Gasteiger partial charge in [-0.3, -0.25) is 0 Å². The van der Waals surface area contributed by atoms with Crippen molar-refractivity contribution in [3.8, 4) is 17.2 Å². The van der Waals surface area contributed by atoms with Gasteiger partial charge in [-0.25, -0.2) is 4.79 Å². The van der Waals surface area contributed by atoms with Gasteiger partial charge in [0.25, 0.3) is 0 Å². The van der Waals surface area contributed by atoms with E-state index in [2.05, 4.69) is 0 Å². The molecule has 0 unspecified atom stereocenters. The molecule has 5 atom stereocenters. The Morgan fingerprint density at radius 2 is 1.86 bits per heavy atom. The van der Waals surface area contributed by atoms with Gasteiger partial charge in [-0.1, -0.05) is 0 Å². The number of aromatic hydroxyl groups is 1. The van der Waals surface area contributed by atoms with Crippen LogP contribution in [0.25, 0.3) is 11.0 Å². The van der Waals surface area contributed by atoms with Gasteiger partial charge in [0.05, 0.1) is 18.1 Å². The molecule has 2 heterocycles. The lowest BCUT2D eigenvalue weighted by Gasteiger charge is -2.39. The second-order valence-electron chi connectivity index (χ2n) is 6.71. The van der Waals surface area contributed by atoms with Crippen LogP contribution in [0.1, 0.15) is 13.8 Å². The summed E-state index contributed by atoms with van der Waals surface area (Å²) in [5.74, 6) is -0.564. The first-order valence-corrected chi connectivity index (χ1v) is 8.66. The van der Waals surface area contributed by atoms with Crippen molar-refractivity contribution < 1.29 is 44.2 Å². The number of fused-ring (bicyclic) bond motifs is 1. The van der Waals surface area contributed by atoms with E-state index < -0.39 is 48.7 Å². The Labute approximate surface area is 159 Å². The number of benzene rings is 1. The summed E-state index contributed by atoms with van der Waals surface area (Å²) in [7, 11) is 0. The summed E-state index contributed by atoms with van der Waals surface area (Å²) in [6.07, 6.45) is -7.49. The molecule has 1 aliphatic heterocycles. The number of rotatable bonds is 5. The third kappa shape index (κ3) is 3.77. The maximum Gasteiger partial charge on any atom is 0.382 e. The summed E-state index contributed by atoms with van der Waals surface area (Å²) in [4.78, 5) is 11.9. The maximum atomic E-state index is 11.9. The van der Waals surface area contributed by atoms with Crippen molar-refractivity contribution in [2.75, 3.05) is 6.61 Å². The molecular weight excluding hydrogens is 376 g/mol. The molecule has 1 saturated heterocycles. The molecule has 1 aromatic heterocycles. The average molecular weight is 398 g/mol. The van der Waals surface area contributed by atoms with Crippen LogP contribution in [0, 0.1) is 0 Å². The number of aliphatic hydroxyl groups is 4. The Bertz CT molecular complexity index is 890. The SMILES string of the molecule is CC(C)Oc1c(O)c(=O)oc2cc(O[C@@H]3O[C@H](CO)[C@H](O)[C@H](O)[C@H]3O)ccc12. The summed E-state index contributed by atoms with van der Waals surface area (Å²) < 4.78 is 21.3. The van der Waals surface area contributed by atoms with Gasteiger partial charge >= 0.3 is 5.63 Å². The monoisotopic (exact) mass is 398 g/mol. The largest absolute Gasteiger partial charge is 0.499 e. The van der Waals surface area contributed by atoms with Gasteiger partial charge < -0.3 is 44.2 Å². The van der Waals surface area contributed by atoms with E-state index in [1.165, 1.54) is 18.2 Å². The number of hydrogen-bond acceptors (Lipinski definition) is 10. The molecule has 10 heteroatoms. The molecule has 0 bridgehead atoms. The predicted octanol–water partition coefficient (Wildman–Crippen LogP) is -0.536. The second kappa shape index (κ2) is 7.94. The molecule has 0 aliphatic carbocycles. The van der Waals surface area contributed by atoms with Crippen LogP contribution in [0.15, 0.2) is 27.4 Å². The fourth-order valence-electron chi connectivity index (χ4n) is 2.87. The fraction of sp³-hybridized carbons (Fsp3) is 0.500. The number of ether oxygens (including phenoxy) is 3. The second-order valence-corrected chi connectivity index (χ2v) is 6.71. The molecule has 5 N–H and O–H groups in total. The topological polar surface area (TPSA) is 159 Å². The molecule has 1 aliphatic rings. The van der Waals surface area contributed by atoms with Crippen molar-refractivity contribution in [3.05, 3.63) is 28.6 Å². The molecule has 0 spiro atoms. The fourth-order valence-corrected chi connectivity index (χ4v) is 2.87. The summed E-state index contributed by atoms with van der Waals surface area (Å²) in [6, 6.07) is 4.26. The summed E-state index contributed by atoms with van der Waals surface area (Å²) in [6.45, 7) is 2.87. The molecule has 1 fully saturated rings. The molecule has 0 amide bonds. The maximum absolute atomic E-state index is 11.9. The van der Waals surface area contributed by atoms with Gasteiger partial charge in [0.15, 0.2) is 5.75 Å². The molecule has 1 aromatic carbocycles. The van der Waals surface area contributed by atoms with E-state index in [4.69, 9.17) is 18.6 Å². The van der Waals surface area contributed by atoms with Crippen LogP contribution in [0.3, 0.4) is 0 Å². The van der Waals surface area contributed by atoms with Gasteiger partial charge in [0.2, 0.25) is 12.0 Å².